The largest absolute Gasteiger partial charge is 0.497 e. The van der Waals surface area contributed by atoms with Crippen molar-refractivity contribution in [2.75, 3.05) is 36.7 Å². The molecule has 0 amide bonds. The highest BCUT2D eigenvalue weighted by Gasteiger charge is 2.21. The van der Waals surface area contributed by atoms with Gasteiger partial charge in [0.05, 0.1) is 27.1 Å². The Kier molecular flexibility index (Phi) is 8.00. The van der Waals surface area contributed by atoms with E-state index in [9.17, 15) is 5.21 Å². The van der Waals surface area contributed by atoms with Crippen molar-refractivity contribution in [2.24, 2.45) is 0 Å². The summed E-state index contributed by atoms with van der Waals surface area (Å²) in [7, 11) is 2.51. The fourth-order valence-electron chi connectivity index (χ4n) is 3.74. The number of ether oxygens (including phenoxy) is 2. The third kappa shape index (κ3) is 5.63. The molecule has 0 aliphatic carbocycles. The Hall–Kier alpha value is -3.42. The summed E-state index contributed by atoms with van der Waals surface area (Å²) in [6.07, 6.45) is 3.43. The van der Waals surface area contributed by atoms with Crippen LogP contribution in [0, 0.1) is 0 Å². The average Bonchev–Trinajstić information content (AvgIpc) is 3.31. The van der Waals surface area contributed by atoms with E-state index in [-0.39, 0.29) is 5.95 Å². The second-order valence-corrected chi connectivity index (χ2v) is 10.6. The number of aromatic nitrogens is 4. The maximum Gasteiger partial charge on any atom is 0.257 e. The summed E-state index contributed by atoms with van der Waals surface area (Å²) in [5, 5.41) is 14.3. The minimum atomic E-state index is -0.791. The number of nitrogens with zero attached hydrogens (tertiary/aromatic N) is 5. The van der Waals surface area contributed by atoms with Gasteiger partial charge in [0.25, 0.3) is 5.95 Å². The Bertz CT molecular complexity index is 1240. The summed E-state index contributed by atoms with van der Waals surface area (Å²) in [5.74, 6) is 2.47. The van der Waals surface area contributed by atoms with Crippen LogP contribution >= 0.6 is 8.07 Å². The van der Waals surface area contributed by atoms with E-state index in [0.717, 1.165) is 34.9 Å². The fraction of sp³-hybridized carbons (Fsp3) is 0.320. The Labute approximate surface area is 206 Å². The molecule has 2 aromatic heterocycles. The van der Waals surface area contributed by atoms with E-state index in [1.807, 2.05) is 53.1 Å². The van der Waals surface area contributed by atoms with E-state index in [4.69, 9.17) is 14.5 Å². The van der Waals surface area contributed by atoms with Crippen molar-refractivity contribution in [2.45, 2.75) is 26.9 Å². The third-order valence-electron chi connectivity index (χ3n) is 5.76. The first-order valence-electron chi connectivity index (χ1n) is 11.5. The highest BCUT2D eigenvalue weighted by Crippen LogP contribution is 2.40. The molecule has 4 rings (SSSR count). The molecule has 0 unspecified atom stereocenters. The van der Waals surface area contributed by atoms with Gasteiger partial charge in [-0.05, 0) is 47.7 Å². The molecule has 2 N–H and O–H groups in total. The van der Waals surface area contributed by atoms with Crippen molar-refractivity contribution in [1.82, 2.24) is 19.5 Å². The SMILES string of the molecule is CCP(CC)N(O)c1nc(NCc2ccc(OC)cc2)c2ncn(Cc3ccc(OC)cc3)c2n1. The molecule has 10 heteroatoms. The lowest BCUT2D eigenvalue weighted by Gasteiger charge is -2.24. The first-order valence-corrected chi connectivity index (χ1v) is 13.2. The number of rotatable bonds is 11. The monoisotopic (exact) mass is 494 g/mol. The number of imidazole rings is 1. The van der Waals surface area contributed by atoms with Gasteiger partial charge >= 0.3 is 0 Å². The fourth-order valence-corrected chi connectivity index (χ4v) is 5.06. The van der Waals surface area contributed by atoms with Gasteiger partial charge in [-0.25, -0.2) is 9.82 Å². The Morgan fingerprint density at radius 1 is 0.914 bits per heavy atom. The van der Waals surface area contributed by atoms with Gasteiger partial charge in [-0.3, -0.25) is 5.21 Å². The molecule has 2 heterocycles. The molecular weight excluding hydrogens is 463 g/mol. The zero-order valence-corrected chi connectivity index (χ0v) is 21.4. The van der Waals surface area contributed by atoms with E-state index in [1.165, 1.54) is 4.83 Å². The first-order chi connectivity index (χ1) is 17.1. The number of hydrogen-bond acceptors (Lipinski definition) is 8. The topological polar surface area (TPSA) is 97.6 Å². The van der Waals surface area contributed by atoms with Gasteiger partial charge in [0.15, 0.2) is 17.0 Å². The van der Waals surface area contributed by atoms with Crippen LogP contribution in [0.5, 0.6) is 11.5 Å². The first kappa shape index (κ1) is 24.7. The number of fused-ring (bicyclic) bond motifs is 1. The quantitative estimate of drug-likeness (QED) is 0.219. The smallest absolute Gasteiger partial charge is 0.257 e. The van der Waals surface area contributed by atoms with Gasteiger partial charge in [-0.1, -0.05) is 38.1 Å². The van der Waals surface area contributed by atoms with E-state index in [2.05, 4.69) is 29.1 Å². The minimum absolute atomic E-state index is 0.279. The number of benzene rings is 2. The Balaban J connectivity index is 1.68. The van der Waals surface area contributed by atoms with Crippen LogP contribution in [-0.4, -0.2) is 51.3 Å². The van der Waals surface area contributed by atoms with Crippen molar-refractivity contribution in [3.63, 3.8) is 0 Å². The van der Waals surface area contributed by atoms with Crippen LogP contribution in [0.4, 0.5) is 11.8 Å². The molecule has 0 aliphatic rings. The standard InChI is InChI=1S/C25H31N6O3P/c1-5-35(6-2)31(32)25-28-23(26-15-18-7-11-20(33-3)12-8-18)22-24(29-25)30(17-27-22)16-19-9-13-21(34-4)14-10-19/h7-14,17,32H,5-6,15-16H2,1-4H3,(H,26,28,29). The van der Waals surface area contributed by atoms with Gasteiger partial charge < -0.3 is 19.4 Å². The van der Waals surface area contributed by atoms with Crippen molar-refractivity contribution >= 4 is 31.0 Å². The minimum Gasteiger partial charge on any atom is -0.497 e. The zero-order valence-electron chi connectivity index (χ0n) is 20.5. The van der Waals surface area contributed by atoms with Crippen molar-refractivity contribution < 1.29 is 14.7 Å². The molecule has 35 heavy (non-hydrogen) atoms. The highest BCUT2D eigenvalue weighted by atomic mass is 31.1. The normalized spacial score (nSPS) is 11.1. The molecule has 0 bridgehead atoms. The summed E-state index contributed by atoms with van der Waals surface area (Å²) in [5.41, 5.74) is 3.47. The third-order valence-corrected chi connectivity index (χ3v) is 7.93. The predicted molar refractivity (Wildman–Crippen MR) is 140 cm³/mol. The summed E-state index contributed by atoms with van der Waals surface area (Å²) >= 11 is 0. The molecular formula is C25H31N6O3P. The summed E-state index contributed by atoms with van der Waals surface area (Å²) in [6, 6.07) is 15.7. The summed E-state index contributed by atoms with van der Waals surface area (Å²) in [4.78, 5) is 15.2. The molecule has 0 atom stereocenters. The lowest BCUT2D eigenvalue weighted by Crippen LogP contribution is -2.18. The lowest BCUT2D eigenvalue weighted by atomic mass is 10.2. The van der Waals surface area contributed by atoms with Crippen LogP contribution in [0.25, 0.3) is 11.2 Å². The second kappa shape index (κ2) is 11.3. The van der Waals surface area contributed by atoms with E-state index in [0.29, 0.717) is 30.1 Å². The summed E-state index contributed by atoms with van der Waals surface area (Å²) < 4.78 is 12.5. The van der Waals surface area contributed by atoms with Gasteiger partial charge in [0.2, 0.25) is 0 Å². The highest BCUT2D eigenvalue weighted by molar-refractivity contribution is 7.58. The van der Waals surface area contributed by atoms with Crippen LogP contribution in [0.2, 0.25) is 0 Å². The maximum absolute atomic E-state index is 10.9. The Morgan fingerprint density at radius 3 is 2.09 bits per heavy atom. The molecule has 2 aromatic carbocycles. The van der Waals surface area contributed by atoms with E-state index in [1.54, 1.807) is 20.5 Å². The maximum atomic E-state index is 10.9. The molecule has 9 nitrogen and oxygen atoms in total. The zero-order chi connectivity index (χ0) is 24.8. The lowest BCUT2D eigenvalue weighted by molar-refractivity contribution is 0.319. The van der Waals surface area contributed by atoms with Gasteiger partial charge in [0.1, 0.15) is 11.5 Å². The number of anilines is 2. The number of methoxy groups -OCH3 is 2. The van der Waals surface area contributed by atoms with Crippen LogP contribution in [0.1, 0.15) is 25.0 Å². The molecule has 4 aromatic rings. The Morgan fingerprint density at radius 2 is 1.51 bits per heavy atom. The van der Waals surface area contributed by atoms with Crippen molar-refractivity contribution in [1.29, 1.82) is 0 Å². The van der Waals surface area contributed by atoms with Crippen LogP contribution < -0.4 is 19.6 Å². The molecule has 0 radical (unpaired) electrons. The molecule has 0 fully saturated rings. The molecule has 184 valence electrons. The van der Waals surface area contributed by atoms with Gasteiger partial charge in [-0.2, -0.15) is 9.97 Å². The second-order valence-electron chi connectivity index (χ2n) is 7.89. The molecule has 0 aliphatic heterocycles. The number of hydrogen-bond donors (Lipinski definition) is 2. The van der Waals surface area contributed by atoms with Gasteiger partial charge in [-0.15, -0.1) is 0 Å². The molecule has 0 saturated heterocycles. The van der Waals surface area contributed by atoms with Crippen molar-refractivity contribution in [3.8, 4) is 11.5 Å². The molecule has 0 spiro atoms. The predicted octanol–water partition coefficient (Wildman–Crippen LogP) is 5.14. The van der Waals surface area contributed by atoms with Crippen LogP contribution in [0.3, 0.4) is 0 Å². The van der Waals surface area contributed by atoms with Crippen molar-refractivity contribution in [3.05, 3.63) is 66.0 Å². The summed E-state index contributed by atoms with van der Waals surface area (Å²) in [6.45, 7) is 5.25. The van der Waals surface area contributed by atoms with Gasteiger partial charge in [0, 0.05) is 14.6 Å². The van der Waals surface area contributed by atoms with Crippen LogP contribution in [0.15, 0.2) is 54.9 Å². The number of nitrogens with one attached hydrogen (secondary N) is 1. The average molecular weight is 495 g/mol. The van der Waals surface area contributed by atoms with E-state index >= 15 is 0 Å². The molecule has 0 saturated carbocycles. The van der Waals surface area contributed by atoms with E-state index < -0.39 is 8.07 Å². The van der Waals surface area contributed by atoms with Crippen LogP contribution in [-0.2, 0) is 13.1 Å².